The van der Waals surface area contributed by atoms with E-state index in [1.165, 1.54) is 5.56 Å². The van der Waals surface area contributed by atoms with E-state index < -0.39 is 12.0 Å². The number of carbonyl (C=O) groups is 2. The molecule has 2 atom stereocenters. The van der Waals surface area contributed by atoms with Gasteiger partial charge in [-0.1, -0.05) is 47.5 Å². The highest BCUT2D eigenvalue weighted by Crippen LogP contribution is 2.45. The van der Waals surface area contributed by atoms with E-state index in [2.05, 4.69) is 41.9 Å². The first-order valence-electron chi connectivity index (χ1n) is 13.1. The van der Waals surface area contributed by atoms with Crippen molar-refractivity contribution in [3.05, 3.63) is 99.7 Å². The maximum absolute atomic E-state index is 14.4. The molecule has 2 aliphatic heterocycles. The molecule has 1 fully saturated rings. The summed E-state index contributed by atoms with van der Waals surface area (Å²) in [6.45, 7) is 6.83. The van der Waals surface area contributed by atoms with Crippen LogP contribution in [-0.4, -0.2) is 59.8 Å². The zero-order valence-electron chi connectivity index (χ0n) is 21.9. The number of likely N-dealkylation sites (N-methyl/N-ethyl adjacent to an activating group) is 1. The average molecular weight is 527 g/mol. The standard InChI is InChI=1S/C31H31ClN4O2/c1-19-8-11-26-24(16-19)25(18-33-26)29-28(22-6-4-5-7-23(22)30(37)34(29)3)31(38)36-14-12-35(13-15-36)27-17-21(32)10-9-20(27)2/h4-11,16-18,28-29,33H,12-15H2,1-3H3. The summed E-state index contributed by atoms with van der Waals surface area (Å²) in [6.07, 6.45) is 1.96. The number of rotatable bonds is 3. The number of hydrogen-bond acceptors (Lipinski definition) is 3. The van der Waals surface area contributed by atoms with Gasteiger partial charge in [-0.05, 0) is 55.3 Å². The predicted molar refractivity (Wildman–Crippen MR) is 152 cm³/mol. The van der Waals surface area contributed by atoms with E-state index in [9.17, 15) is 9.59 Å². The first kappa shape index (κ1) is 24.6. The fraction of sp³-hybridized carbons (Fsp3) is 0.290. The van der Waals surface area contributed by atoms with E-state index in [1.807, 2.05) is 60.6 Å². The van der Waals surface area contributed by atoms with Crippen LogP contribution in [-0.2, 0) is 4.79 Å². The number of aryl methyl sites for hydroxylation is 2. The second-order valence-electron chi connectivity index (χ2n) is 10.5. The molecule has 2 amide bonds. The van der Waals surface area contributed by atoms with Gasteiger partial charge in [-0.3, -0.25) is 9.59 Å². The molecule has 2 unspecified atom stereocenters. The van der Waals surface area contributed by atoms with Crippen molar-refractivity contribution >= 4 is 40.0 Å². The molecule has 7 heteroatoms. The third-order valence-electron chi connectivity index (χ3n) is 8.14. The van der Waals surface area contributed by atoms with Gasteiger partial charge in [-0.2, -0.15) is 0 Å². The number of aromatic amines is 1. The summed E-state index contributed by atoms with van der Waals surface area (Å²) in [5.74, 6) is -0.489. The molecule has 1 N–H and O–H groups in total. The zero-order valence-corrected chi connectivity index (χ0v) is 22.6. The van der Waals surface area contributed by atoms with Gasteiger partial charge in [0.1, 0.15) is 0 Å². The van der Waals surface area contributed by atoms with Crippen LogP contribution in [0.15, 0.2) is 66.9 Å². The van der Waals surface area contributed by atoms with Gasteiger partial charge in [-0.25, -0.2) is 0 Å². The highest BCUT2D eigenvalue weighted by atomic mass is 35.5. The first-order valence-corrected chi connectivity index (χ1v) is 13.4. The number of anilines is 1. The number of fused-ring (bicyclic) bond motifs is 2. The van der Waals surface area contributed by atoms with Gasteiger partial charge in [0, 0.05) is 72.2 Å². The smallest absolute Gasteiger partial charge is 0.254 e. The summed E-state index contributed by atoms with van der Waals surface area (Å²) >= 11 is 6.28. The molecular weight excluding hydrogens is 496 g/mol. The summed E-state index contributed by atoms with van der Waals surface area (Å²) in [6, 6.07) is 19.4. The average Bonchev–Trinajstić information content (AvgIpc) is 3.34. The molecule has 0 saturated carbocycles. The number of amides is 2. The number of hydrogen-bond donors (Lipinski definition) is 1. The Balaban J connectivity index is 1.36. The van der Waals surface area contributed by atoms with Gasteiger partial charge < -0.3 is 19.7 Å². The van der Waals surface area contributed by atoms with E-state index in [1.54, 1.807) is 4.90 Å². The second kappa shape index (κ2) is 9.52. The molecule has 0 radical (unpaired) electrons. The monoisotopic (exact) mass is 526 g/mol. The van der Waals surface area contributed by atoms with Crippen LogP contribution in [0.2, 0.25) is 5.02 Å². The van der Waals surface area contributed by atoms with Gasteiger partial charge in [0.2, 0.25) is 5.91 Å². The molecule has 3 aromatic carbocycles. The summed E-state index contributed by atoms with van der Waals surface area (Å²) in [5.41, 5.74) is 6.81. The van der Waals surface area contributed by atoms with Crippen LogP contribution in [0, 0.1) is 13.8 Å². The van der Waals surface area contributed by atoms with Crippen LogP contribution < -0.4 is 4.90 Å². The largest absolute Gasteiger partial charge is 0.368 e. The van der Waals surface area contributed by atoms with Crippen LogP contribution in [0.25, 0.3) is 10.9 Å². The highest BCUT2D eigenvalue weighted by Gasteiger charge is 2.45. The molecule has 6 nitrogen and oxygen atoms in total. The predicted octanol–water partition coefficient (Wildman–Crippen LogP) is 5.70. The number of benzene rings is 3. The van der Waals surface area contributed by atoms with Gasteiger partial charge >= 0.3 is 0 Å². The Labute approximate surface area is 227 Å². The molecule has 1 saturated heterocycles. The SMILES string of the molecule is Cc1ccc2[nH]cc(C3C(C(=O)N4CCN(c5cc(Cl)ccc5C)CC4)c4ccccc4C(=O)N3C)c2c1. The van der Waals surface area contributed by atoms with Gasteiger partial charge in [0.25, 0.3) is 5.91 Å². The number of aromatic nitrogens is 1. The zero-order chi connectivity index (χ0) is 26.6. The fourth-order valence-corrected chi connectivity index (χ4v) is 6.28. The Morgan fingerprint density at radius 3 is 2.50 bits per heavy atom. The Kier molecular flexibility index (Phi) is 6.15. The van der Waals surface area contributed by atoms with E-state index in [-0.39, 0.29) is 11.8 Å². The molecule has 38 heavy (non-hydrogen) atoms. The third kappa shape index (κ3) is 4.04. The Morgan fingerprint density at radius 2 is 1.71 bits per heavy atom. The van der Waals surface area contributed by atoms with Crippen LogP contribution in [0.4, 0.5) is 5.69 Å². The summed E-state index contributed by atoms with van der Waals surface area (Å²) in [7, 11) is 1.82. The quantitative estimate of drug-likeness (QED) is 0.372. The number of nitrogens with one attached hydrogen (secondary N) is 1. The van der Waals surface area contributed by atoms with Crippen molar-refractivity contribution in [2.45, 2.75) is 25.8 Å². The van der Waals surface area contributed by atoms with Gasteiger partial charge in [0.15, 0.2) is 0 Å². The Hall–Kier alpha value is -3.77. The number of H-pyrrole nitrogens is 1. The molecule has 0 spiro atoms. The number of nitrogens with zero attached hydrogens (tertiary/aromatic N) is 3. The van der Waals surface area contributed by atoms with Crippen LogP contribution in [0.1, 0.15) is 44.6 Å². The summed E-state index contributed by atoms with van der Waals surface area (Å²) in [5, 5.41) is 1.76. The topological polar surface area (TPSA) is 59.7 Å². The number of piperazine rings is 1. The highest BCUT2D eigenvalue weighted by molar-refractivity contribution is 6.30. The van der Waals surface area contributed by atoms with Crippen molar-refractivity contribution in [1.29, 1.82) is 0 Å². The summed E-state index contributed by atoms with van der Waals surface area (Å²) in [4.78, 5) is 37.3. The molecule has 0 bridgehead atoms. The Morgan fingerprint density at radius 1 is 0.947 bits per heavy atom. The van der Waals surface area contributed by atoms with E-state index in [4.69, 9.17) is 11.6 Å². The van der Waals surface area contributed by atoms with Crippen LogP contribution in [0.5, 0.6) is 0 Å². The minimum atomic E-state index is -0.493. The minimum absolute atomic E-state index is 0.0575. The van der Waals surface area contributed by atoms with Gasteiger partial charge in [0.05, 0.1) is 12.0 Å². The maximum atomic E-state index is 14.4. The van der Waals surface area contributed by atoms with Crippen molar-refractivity contribution in [3.63, 3.8) is 0 Å². The van der Waals surface area contributed by atoms with Crippen molar-refractivity contribution in [2.75, 3.05) is 38.1 Å². The first-order chi connectivity index (χ1) is 18.3. The minimum Gasteiger partial charge on any atom is -0.368 e. The maximum Gasteiger partial charge on any atom is 0.254 e. The number of halogens is 1. The van der Waals surface area contributed by atoms with Crippen LogP contribution in [0.3, 0.4) is 0 Å². The molecule has 6 rings (SSSR count). The molecular formula is C31H31ClN4O2. The fourth-order valence-electron chi connectivity index (χ4n) is 6.12. The lowest BCUT2D eigenvalue weighted by Crippen LogP contribution is -2.53. The van der Waals surface area contributed by atoms with E-state index in [0.29, 0.717) is 23.7 Å². The van der Waals surface area contributed by atoms with Crippen molar-refractivity contribution in [1.82, 2.24) is 14.8 Å². The molecule has 194 valence electrons. The van der Waals surface area contributed by atoms with Crippen molar-refractivity contribution in [3.8, 4) is 0 Å². The molecule has 2 aliphatic rings. The van der Waals surface area contributed by atoms with Crippen molar-refractivity contribution < 1.29 is 9.59 Å². The molecule has 1 aromatic heterocycles. The Bertz CT molecular complexity index is 1550. The second-order valence-corrected chi connectivity index (χ2v) is 10.9. The number of carbonyl (C=O) groups excluding carboxylic acids is 2. The molecule has 4 aromatic rings. The third-order valence-corrected chi connectivity index (χ3v) is 8.37. The lowest BCUT2D eigenvalue weighted by Gasteiger charge is -2.43. The van der Waals surface area contributed by atoms with Gasteiger partial charge in [-0.15, -0.1) is 0 Å². The van der Waals surface area contributed by atoms with Crippen molar-refractivity contribution in [2.24, 2.45) is 0 Å². The lowest BCUT2D eigenvalue weighted by atomic mass is 9.79. The summed E-state index contributed by atoms with van der Waals surface area (Å²) < 4.78 is 0. The van der Waals surface area contributed by atoms with E-state index >= 15 is 0 Å². The van der Waals surface area contributed by atoms with Crippen LogP contribution >= 0.6 is 11.6 Å². The molecule has 0 aliphatic carbocycles. The van der Waals surface area contributed by atoms with E-state index in [0.717, 1.165) is 46.4 Å². The normalized spacial score (nSPS) is 19.7. The molecule has 3 heterocycles. The lowest BCUT2D eigenvalue weighted by molar-refractivity contribution is -0.134.